The first-order chi connectivity index (χ1) is 14.2. The molecule has 1 heterocycles. The van der Waals surface area contributed by atoms with Crippen LogP contribution in [0.5, 0.6) is 5.75 Å². The molecule has 1 aromatic carbocycles. The summed E-state index contributed by atoms with van der Waals surface area (Å²) in [5, 5.41) is 6.36. The number of hydrogen-bond acceptors (Lipinski definition) is 6. The maximum absolute atomic E-state index is 12.8. The number of methoxy groups -OCH3 is 1. The third-order valence-electron chi connectivity index (χ3n) is 4.85. The number of benzene rings is 1. The average molecular weight is 451 g/mol. The van der Waals surface area contributed by atoms with Gasteiger partial charge in [0.2, 0.25) is 5.91 Å². The number of hydrogen-bond donors (Lipinski definition) is 2. The lowest BCUT2D eigenvalue weighted by atomic mass is 10.1. The van der Waals surface area contributed by atoms with Crippen molar-refractivity contribution in [2.24, 2.45) is 5.92 Å². The maximum atomic E-state index is 12.8. The Morgan fingerprint density at radius 3 is 2.53 bits per heavy atom. The number of esters is 1. The van der Waals surface area contributed by atoms with E-state index in [1.54, 1.807) is 25.1 Å². The van der Waals surface area contributed by atoms with Crippen LogP contribution in [0.3, 0.4) is 0 Å². The van der Waals surface area contributed by atoms with Crippen molar-refractivity contribution in [2.45, 2.75) is 39.7 Å². The Morgan fingerprint density at radius 2 is 1.90 bits per heavy atom. The van der Waals surface area contributed by atoms with E-state index in [1.165, 1.54) is 25.4 Å². The molecule has 0 radical (unpaired) electrons. The normalized spacial score (nSPS) is 14.0. The highest BCUT2D eigenvalue weighted by atomic mass is 35.5. The standard InChI is InChI=1S/C21H23ClN2O5S/c1-10-12(3)30-20(24-19(26)13-5-6-13)17(10)21(27)29-11(2)18(25)23-15-9-14(22)7-8-16(15)28-4/h7-9,11,13H,5-6H2,1-4H3,(H,23,25)(H,24,26). The number of carbonyl (C=O) groups is 3. The van der Waals surface area contributed by atoms with Gasteiger partial charge in [-0.1, -0.05) is 11.6 Å². The SMILES string of the molecule is COc1ccc(Cl)cc1NC(=O)C(C)OC(=O)c1c(NC(=O)C2CC2)sc(C)c1C. The topological polar surface area (TPSA) is 93.7 Å². The first-order valence-corrected chi connectivity index (χ1v) is 10.7. The predicted octanol–water partition coefficient (Wildman–Crippen LogP) is 4.56. The summed E-state index contributed by atoms with van der Waals surface area (Å²) in [7, 11) is 1.47. The van der Waals surface area contributed by atoms with E-state index in [0.29, 0.717) is 21.5 Å². The second-order valence-electron chi connectivity index (χ2n) is 7.13. The van der Waals surface area contributed by atoms with Crippen molar-refractivity contribution in [1.29, 1.82) is 0 Å². The van der Waals surface area contributed by atoms with Crippen LogP contribution in [0.2, 0.25) is 5.02 Å². The van der Waals surface area contributed by atoms with E-state index in [-0.39, 0.29) is 17.4 Å². The summed E-state index contributed by atoms with van der Waals surface area (Å²) in [6, 6.07) is 4.81. The van der Waals surface area contributed by atoms with Crippen molar-refractivity contribution in [1.82, 2.24) is 0 Å². The summed E-state index contributed by atoms with van der Waals surface area (Å²) >= 11 is 7.30. The smallest absolute Gasteiger partial charge is 0.342 e. The molecular formula is C21H23ClN2O5S. The zero-order chi connectivity index (χ0) is 22.0. The minimum absolute atomic E-state index is 0.00830. The number of aryl methyl sites for hydroxylation is 1. The van der Waals surface area contributed by atoms with Crippen LogP contribution in [0.4, 0.5) is 10.7 Å². The fourth-order valence-electron chi connectivity index (χ4n) is 2.81. The Hall–Kier alpha value is -2.58. The van der Waals surface area contributed by atoms with Gasteiger partial charge in [0.25, 0.3) is 5.91 Å². The van der Waals surface area contributed by atoms with Crippen molar-refractivity contribution in [3.63, 3.8) is 0 Å². The Morgan fingerprint density at radius 1 is 1.20 bits per heavy atom. The van der Waals surface area contributed by atoms with Crippen molar-refractivity contribution >= 4 is 51.4 Å². The number of anilines is 2. The van der Waals surface area contributed by atoms with Gasteiger partial charge in [-0.05, 0) is 57.4 Å². The lowest BCUT2D eigenvalue weighted by molar-refractivity contribution is -0.123. The van der Waals surface area contributed by atoms with Crippen LogP contribution in [-0.4, -0.2) is 31.0 Å². The molecular weight excluding hydrogens is 428 g/mol. The minimum atomic E-state index is -1.08. The number of ether oxygens (including phenoxy) is 2. The van der Waals surface area contributed by atoms with E-state index in [0.717, 1.165) is 23.3 Å². The second kappa shape index (κ2) is 9.06. The van der Waals surface area contributed by atoms with E-state index < -0.39 is 18.0 Å². The van der Waals surface area contributed by atoms with Crippen LogP contribution in [0.25, 0.3) is 0 Å². The van der Waals surface area contributed by atoms with Crippen molar-refractivity contribution < 1.29 is 23.9 Å². The molecule has 2 amide bonds. The third kappa shape index (κ3) is 4.94. The van der Waals surface area contributed by atoms with Gasteiger partial charge in [-0.15, -0.1) is 11.3 Å². The van der Waals surface area contributed by atoms with Gasteiger partial charge in [0.1, 0.15) is 10.8 Å². The van der Waals surface area contributed by atoms with Gasteiger partial charge < -0.3 is 20.1 Å². The molecule has 1 aliphatic carbocycles. The lowest BCUT2D eigenvalue weighted by Crippen LogP contribution is -2.30. The first kappa shape index (κ1) is 22.1. The molecule has 1 atom stereocenters. The van der Waals surface area contributed by atoms with Gasteiger partial charge >= 0.3 is 5.97 Å². The van der Waals surface area contributed by atoms with Crippen molar-refractivity contribution in [3.05, 3.63) is 39.2 Å². The third-order valence-corrected chi connectivity index (χ3v) is 6.20. The zero-order valence-electron chi connectivity index (χ0n) is 17.1. The molecule has 1 saturated carbocycles. The lowest BCUT2D eigenvalue weighted by Gasteiger charge is -2.16. The molecule has 0 spiro atoms. The van der Waals surface area contributed by atoms with E-state index in [4.69, 9.17) is 21.1 Å². The molecule has 160 valence electrons. The molecule has 2 N–H and O–H groups in total. The van der Waals surface area contributed by atoms with Gasteiger partial charge in [0.15, 0.2) is 6.10 Å². The van der Waals surface area contributed by atoms with Crippen LogP contribution in [0.15, 0.2) is 18.2 Å². The van der Waals surface area contributed by atoms with E-state index in [1.807, 2.05) is 6.92 Å². The Kier molecular flexibility index (Phi) is 6.67. The molecule has 0 saturated heterocycles. The number of rotatable bonds is 7. The van der Waals surface area contributed by atoms with Gasteiger partial charge in [-0.2, -0.15) is 0 Å². The molecule has 1 fully saturated rings. The van der Waals surface area contributed by atoms with E-state index in [2.05, 4.69) is 10.6 Å². The molecule has 30 heavy (non-hydrogen) atoms. The molecule has 1 aliphatic rings. The fraction of sp³-hybridized carbons (Fsp3) is 0.381. The number of halogens is 1. The Balaban J connectivity index is 1.71. The Bertz CT molecular complexity index is 1000. The number of carbonyl (C=O) groups excluding carboxylic acids is 3. The second-order valence-corrected chi connectivity index (χ2v) is 8.79. The monoisotopic (exact) mass is 450 g/mol. The summed E-state index contributed by atoms with van der Waals surface area (Å²) in [5.74, 6) is -0.848. The first-order valence-electron chi connectivity index (χ1n) is 9.47. The summed E-state index contributed by atoms with van der Waals surface area (Å²) in [6.45, 7) is 5.13. The highest BCUT2D eigenvalue weighted by Crippen LogP contribution is 2.36. The molecule has 0 aliphatic heterocycles. The quantitative estimate of drug-likeness (QED) is 0.603. The Labute approximate surface area is 183 Å². The highest BCUT2D eigenvalue weighted by Gasteiger charge is 2.32. The summed E-state index contributed by atoms with van der Waals surface area (Å²) in [6.07, 6.45) is 0.644. The predicted molar refractivity (Wildman–Crippen MR) is 117 cm³/mol. The van der Waals surface area contributed by atoms with Gasteiger partial charge in [-0.3, -0.25) is 9.59 Å². The molecule has 1 unspecified atom stereocenters. The number of thiophene rings is 1. The average Bonchev–Trinajstić information content (AvgIpc) is 3.49. The van der Waals surface area contributed by atoms with Crippen LogP contribution in [0.1, 0.15) is 40.6 Å². The van der Waals surface area contributed by atoms with Gasteiger partial charge in [0, 0.05) is 15.8 Å². The summed E-state index contributed by atoms with van der Waals surface area (Å²) in [5.41, 5.74) is 1.38. The number of nitrogens with one attached hydrogen (secondary N) is 2. The summed E-state index contributed by atoms with van der Waals surface area (Å²) in [4.78, 5) is 38.4. The number of amides is 2. The van der Waals surface area contributed by atoms with Gasteiger partial charge in [0.05, 0.1) is 18.4 Å². The van der Waals surface area contributed by atoms with Crippen LogP contribution >= 0.6 is 22.9 Å². The van der Waals surface area contributed by atoms with Crippen LogP contribution < -0.4 is 15.4 Å². The molecule has 7 nitrogen and oxygen atoms in total. The minimum Gasteiger partial charge on any atom is -0.495 e. The molecule has 1 aromatic heterocycles. The summed E-state index contributed by atoms with van der Waals surface area (Å²) < 4.78 is 10.6. The molecule has 0 bridgehead atoms. The molecule has 3 rings (SSSR count). The maximum Gasteiger partial charge on any atom is 0.342 e. The van der Waals surface area contributed by atoms with Gasteiger partial charge in [-0.25, -0.2) is 4.79 Å². The molecule has 9 heteroatoms. The van der Waals surface area contributed by atoms with E-state index >= 15 is 0 Å². The van der Waals surface area contributed by atoms with E-state index in [9.17, 15) is 14.4 Å². The van der Waals surface area contributed by atoms with Crippen LogP contribution in [-0.2, 0) is 14.3 Å². The zero-order valence-corrected chi connectivity index (χ0v) is 18.7. The van der Waals surface area contributed by atoms with Crippen molar-refractivity contribution in [3.8, 4) is 5.75 Å². The van der Waals surface area contributed by atoms with Crippen molar-refractivity contribution in [2.75, 3.05) is 17.7 Å². The molecule has 2 aromatic rings. The highest BCUT2D eigenvalue weighted by molar-refractivity contribution is 7.16. The van der Waals surface area contributed by atoms with Crippen LogP contribution in [0, 0.1) is 19.8 Å². The fourth-order valence-corrected chi connectivity index (χ4v) is 4.03. The largest absolute Gasteiger partial charge is 0.495 e.